The summed E-state index contributed by atoms with van der Waals surface area (Å²) < 4.78 is 0. The first-order chi connectivity index (χ1) is 11.0. The van der Waals surface area contributed by atoms with Crippen LogP contribution in [0.15, 0.2) is 18.2 Å². The van der Waals surface area contributed by atoms with Gasteiger partial charge in [0.15, 0.2) is 0 Å². The molecule has 122 valence electrons. The van der Waals surface area contributed by atoms with E-state index >= 15 is 0 Å². The average Bonchev–Trinajstić information content (AvgIpc) is 3.26. The summed E-state index contributed by atoms with van der Waals surface area (Å²) >= 11 is 11.9. The van der Waals surface area contributed by atoms with Gasteiger partial charge in [0.05, 0.1) is 16.6 Å². The molecule has 2 fully saturated rings. The van der Waals surface area contributed by atoms with Crippen molar-refractivity contribution in [2.24, 2.45) is 5.92 Å². The Morgan fingerprint density at radius 3 is 2.74 bits per heavy atom. The molecule has 1 aromatic carbocycles. The summed E-state index contributed by atoms with van der Waals surface area (Å²) in [5.41, 5.74) is 0.994. The first kappa shape index (κ1) is 16.1. The number of urea groups is 1. The molecule has 1 saturated heterocycles. The highest BCUT2D eigenvalue weighted by Crippen LogP contribution is 2.48. The van der Waals surface area contributed by atoms with Crippen molar-refractivity contribution in [1.29, 1.82) is 0 Å². The zero-order chi connectivity index (χ0) is 16.6. The molecule has 1 saturated carbocycles. The highest BCUT2D eigenvalue weighted by molar-refractivity contribution is 6.42. The standard InChI is InChI=1S/C15H15Cl2N3O3/c16-11-2-1-8(5-12(11)17)9-6-10(9)14(22)18-3-4-20-13(21)7-19-15(20)23/h1-2,5,9-10H,3-4,6-7H2,(H,18,22)(H,19,23). The Balaban J connectivity index is 1.48. The number of rotatable bonds is 5. The summed E-state index contributed by atoms with van der Waals surface area (Å²) in [6.45, 7) is 0.456. The summed E-state index contributed by atoms with van der Waals surface area (Å²) in [5.74, 6) is -0.311. The van der Waals surface area contributed by atoms with Crippen LogP contribution in [0.2, 0.25) is 10.0 Å². The molecule has 1 heterocycles. The number of halogens is 2. The van der Waals surface area contributed by atoms with Crippen LogP contribution in [0.25, 0.3) is 0 Å². The molecule has 2 aliphatic rings. The molecule has 1 aliphatic heterocycles. The molecule has 2 unspecified atom stereocenters. The number of amides is 4. The predicted molar refractivity (Wildman–Crippen MR) is 85.4 cm³/mol. The van der Waals surface area contributed by atoms with Gasteiger partial charge in [0.1, 0.15) is 0 Å². The molecule has 3 rings (SSSR count). The molecule has 23 heavy (non-hydrogen) atoms. The molecule has 2 atom stereocenters. The van der Waals surface area contributed by atoms with Gasteiger partial charge in [0.25, 0.3) is 0 Å². The van der Waals surface area contributed by atoms with Crippen LogP contribution in [-0.4, -0.2) is 42.4 Å². The van der Waals surface area contributed by atoms with Gasteiger partial charge in [-0.25, -0.2) is 4.79 Å². The smallest absolute Gasteiger partial charge is 0.324 e. The van der Waals surface area contributed by atoms with Crippen molar-refractivity contribution in [3.8, 4) is 0 Å². The number of benzene rings is 1. The second-order valence-corrected chi connectivity index (χ2v) is 6.43. The molecule has 1 aromatic rings. The second kappa shape index (κ2) is 6.37. The van der Waals surface area contributed by atoms with Gasteiger partial charge < -0.3 is 10.6 Å². The molecular weight excluding hydrogens is 341 g/mol. The molecule has 0 bridgehead atoms. The van der Waals surface area contributed by atoms with Crippen LogP contribution in [0.5, 0.6) is 0 Å². The lowest BCUT2D eigenvalue weighted by Crippen LogP contribution is -2.39. The molecule has 2 N–H and O–H groups in total. The van der Waals surface area contributed by atoms with Crippen molar-refractivity contribution in [2.75, 3.05) is 19.6 Å². The fraction of sp³-hybridized carbons (Fsp3) is 0.400. The van der Waals surface area contributed by atoms with Crippen molar-refractivity contribution in [1.82, 2.24) is 15.5 Å². The van der Waals surface area contributed by atoms with Gasteiger partial charge in [-0.15, -0.1) is 0 Å². The third-order valence-electron chi connectivity index (χ3n) is 4.07. The van der Waals surface area contributed by atoms with E-state index in [1.807, 2.05) is 6.07 Å². The summed E-state index contributed by atoms with van der Waals surface area (Å²) in [6.07, 6.45) is 0.757. The molecule has 1 aliphatic carbocycles. The van der Waals surface area contributed by atoms with Gasteiger partial charge in [-0.3, -0.25) is 14.5 Å². The van der Waals surface area contributed by atoms with Gasteiger partial charge >= 0.3 is 6.03 Å². The SMILES string of the molecule is O=C(NCCN1C(=O)CNC1=O)C1CC1c1ccc(Cl)c(Cl)c1. The van der Waals surface area contributed by atoms with E-state index in [0.717, 1.165) is 16.9 Å². The van der Waals surface area contributed by atoms with Crippen LogP contribution in [0, 0.1) is 5.92 Å². The number of carbonyl (C=O) groups excluding carboxylic acids is 3. The molecule has 6 nitrogen and oxygen atoms in total. The molecule has 8 heteroatoms. The number of nitrogens with zero attached hydrogens (tertiary/aromatic N) is 1. The van der Waals surface area contributed by atoms with E-state index in [9.17, 15) is 14.4 Å². The molecule has 0 spiro atoms. The minimum atomic E-state index is -0.413. The minimum absolute atomic E-state index is 0.0226. The lowest BCUT2D eigenvalue weighted by Gasteiger charge is -2.12. The topological polar surface area (TPSA) is 78.5 Å². The Morgan fingerprint density at radius 2 is 2.09 bits per heavy atom. The number of nitrogens with one attached hydrogen (secondary N) is 2. The summed E-state index contributed by atoms with van der Waals surface area (Å²) in [6, 6.07) is 4.97. The second-order valence-electron chi connectivity index (χ2n) is 5.62. The lowest BCUT2D eigenvalue weighted by atomic mass is 10.1. The van der Waals surface area contributed by atoms with Crippen LogP contribution in [0.1, 0.15) is 17.9 Å². The normalized spacial score (nSPS) is 23.0. The maximum Gasteiger partial charge on any atom is 0.324 e. The predicted octanol–water partition coefficient (Wildman–Crippen LogP) is 1.76. The van der Waals surface area contributed by atoms with E-state index in [1.54, 1.807) is 12.1 Å². The third kappa shape index (κ3) is 3.43. The first-order valence-corrected chi connectivity index (χ1v) is 8.04. The minimum Gasteiger partial charge on any atom is -0.354 e. The monoisotopic (exact) mass is 355 g/mol. The van der Waals surface area contributed by atoms with E-state index in [0.29, 0.717) is 10.0 Å². The van der Waals surface area contributed by atoms with Gasteiger partial charge in [-0.1, -0.05) is 29.3 Å². The maximum absolute atomic E-state index is 12.1. The van der Waals surface area contributed by atoms with E-state index in [1.165, 1.54) is 0 Å². The zero-order valence-electron chi connectivity index (χ0n) is 12.1. The van der Waals surface area contributed by atoms with Gasteiger partial charge in [0, 0.05) is 19.0 Å². The molecular formula is C15H15Cl2N3O3. The van der Waals surface area contributed by atoms with Crippen molar-refractivity contribution < 1.29 is 14.4 Å². The Labute approximate surface area is 143 Å². The zero-order valence-corrected chi connectivity index (χ0v) is 13.7. The van der Waals surface area contributed by atoms with Crippen LogP contribution < -0.4 is 10.6 Å². The number of carbonyl (C=O) groups is 3. The van der Waals surface area contributed by atoms with Crippen molar-refractivity contribution >= 4 is 41.0 Å². The Hall–Kier alpha value is -1.79. The first-order valence-electron chi connectivity index (χ1n) is 7.28. The van der Waals surface area contributed by atoms with Crippen molar-refractivity contribution in [3.63, 3.8) is 0 Å². The van der Waals surface area contributed by atoms with E-state index < -0.39 is 6.03 Å². The highest BCUT2D eigenvalue weighted by Gasteiger charge is 2.44. The fourth-order valence-corrected chi connectivity index (χ4v) is 3.01. The summed E-state index contributed by atoms with van der Waals surface area (Å²) in [4.78, 5) is 36.0. The van der Waals surface area contributed by atoms with Gasteiger partial charge in [-0.05, 0) is 30.0 Å². The molecule has 0 aromatic heterocycles. The number of hydrogen-bond donors (Lipinski definition) is 2. The summed E-state index contributed by atoms with van der Waals surface area (Å²) in [7, 11) is 0. The highest BCUT2D eigenvalue weighted by atomic mass is 35.5. The van der Waals surface area contributed by atoms with Crippen LogP contribution >= 0.6 is 23.2 Å². The van der Waals surface area contributed by atoms with Crippen molar-refractivity contribution in [2.45, 2.75) is 12.3 Å². The Bertz CT molecular complexity index is 664. The van der Waals surface area contributed by atoms with Crippen LogP contribution in [-0.2, 0) is 9.59 Å². The van der Waals surface area contributed by atoms with E-state index in [-0.39, 0.29) is 43.3 Å². The van der Waals surface area contributed by atoms with E-state index in [2.05, 4.69) is 10.6 Å². The summed E-state index contributed by atoms with van der Waals surface area (Å²) in [5, 5.41) is 6.17. The Kier molecular flexibility index (Phi) is 4.46. The number of hydrogen-bond acceptors (Lipinski definition) is 3. The van der Waals surface area contributed by atoms with E-state index in [4.69, 9.17) is 23.2 Å². The van der Waals surface area contributed by atoms with Crippen LogP contribution in [0.4, 0.5) is 4.79 Å². The van der Waals surface area contributed by atoms with Gasteiger partial charge in [0.2, 0.25) is 11.8 Å². The largest absolute Gasteiger partial charge is 0.354 e. The fourth-order valence-electron chi connectivity index (χ4n) is 2.70. The molecule has 4 amide bonds. The van der Waals surface area contributed by atoms with Gasteiger partial charge in [-0.2, -0.15) is 0 Å². The Morgan fingerprint density at radius 1 is 1.30 bits per heavy atom. The molecule has 0 radical (unpaired) electrons. The lowest BCUT2D eigenvalue weighted by molar-refractivity contribution is -0.126. The maximum atomic E-state index is 12.1. The number of imide groups is 1. The van der Waals surface area contributed by atoms with Crippen LogP contribution in [0.3, 0.4) is 0 Å². The van der Waals surface area contributed by atoms with Crippen molar-refractivity contribution in [3.05, 3.63) is 33.8 Å². The quantitative estimate of drug-likeness (QED) is 0.790. The third-order valence-corrected chi connectivity index (χ3v) is 4.81. The average molecular weight is 356 g/mol.